The SMILES string of the molecule is COCOc1ccc2c(c1)O[C@@](O)(c1ccc(C)cc1)[C@H](C)C2=O. The van der Waals surface area contributed by atoms with Crippen molar-refractivity contribution < 1.29 is 24.1 Å². The first kappa shape index (κ1) is 16.5. The fourth-order valence-corrected chi connectivity index (χ4v) is 2.78. The van der Waals surface area contributed by atoms with E-state index in [2.05, 4.69) is 0 Å². The molecule has 0 spiro atoms. The number of carbonyl (C=O) groups excluding carboxylic acids is 1. The van der Waals surface area contributed by atoms with Crippen molar-refractivity contribution in [1.29, 1.82) is 0 Å². The van der Waals surface area contributed by atoms with Gasteiger partial charge in [-0.15, -0.1) is 0 Å². The molecule has 126 valence electrons. The van der Waals surface area contributed by atoms with E-state index in [0.29, 0.717) is 22.6 Å². The number of aliphatic hydroxyl groups is 1. The molecule has 1 aliphatic rings. The van der Waals surface area contributed by atoms with Gasteiger partial charge in [-0.25, -0.2) is 0 Å². The van der Waals surface area contributed by atoms with Crippen molar-refractivity contribution in [2.45, 2.75) is 19.6 Å². The Morgan fingerprint density at radius 2 is 1.92 bits per heavy atom. The van der Waals surface area contributed by atoms with Crippen molar-refractivity contribution >= 4 is 5.78 Å². The van der Waals surface area contributed by atoms with Gasteiger partial charge in [-0.3, -0.25) is 4.79 Å². The molecule has 0 amide bonds. The van der Waals surface area contributed by atoms with Gasteiger partial charge >= 0.3 is 0 Å². The number of methoxy groups -OCH3 is 1. The maximum atomic E-state index is 12.7. The van der Waals surface area contributed by atoms with E-state index >= 15 is 0 Å². The van der Waals surface area contributed by atoms with Crippen LogP contribution in [0, 0.1) is 12.8 Å². The van der Waals surface area contributed by atoms with Crippen molar-refractivity contribution in [3.05, 3.63) is 59.2 Å². The van der Waals surface area contributed by atoms with E-state index < -0.39 is 11.7 Å². The van der Waals surface area contributed by atoms with E-state index in [1.807, 2.05) is 19.1 Å². The lowest BCUT2D eigenvalue weighted by atomic mass is 9.84. The van der Waals surface area contributed by atoms with E-state index in [1.54, 1.807) is 37.3 Å². The number of ether oxygens (including phenoxy) is 3. The van der Waals surface area contributed by atoms with Gasteiger partial charge < -0.3 is 19.3 Å². The van der Waals surface area contributed by atoms with Crippen LogP contribution in [0.15, 0.2) is 42.5 Å². The average molecular weight is 328 g/mol. The maximum absolute atomic E-state index is 12.7. The molecule has 0 bridgehead atoms. The lowest BCUT2D eigenvalue weighted by Crippen LogP contribution is -2.46. The molecule has 2 atom stereocenters. The summed E-state index contributed by atoms with van der Waals surface area (Å²) in [6.45, 7) is 3.71. The number of fused-ring (bicyclic) bond motifs is 1. The summed E-state index contributed by atoms with van der Waals surface area (Å²) >= 11 is 0. The highest BCUT2D eigenvalue weighted by molar-refractivity contribution is 6.02. The summed E-state index contributed by atoms with van der Waals surface area (Å²) in [5, 5.41) is 11.1. The zero-order chi connectivity index (χ0) is 17.3. The number of aryl methyl sites for hydroxylation is 1. The fraction of sp³-hybridized carbons (Fsp3) is 0.316. The van der Waals surface area contributed by atoms with Crippen LogP contribution in [-0.4, -0.2) is 24.8 Å². The Bertz CT molecular complexity index is 753. The second-order valence-corrected chi connectivity index (χ2v) is 5.96. The third-order valence-corrected chi connectivity index (χ3v) is 4.27. The first-order chi connectivity index (χ1) is 11.5. The number of ketones is 1. The van der Waals surface area contributed by atoms with E-state index in [4.69, 9.17) is 14.2 Å². The Balaban J connectivity index is 2.01. The number of carbonyl (C=O) groups is 1. The first-order valence-electron chi connectivity index (χ1n) is 7.74. The van der Waals surface area contributed by atoms with E-state index in [1.165, 1.54) is 7.11 Å². The normalized spacial score (nSPS) is 22.7. The van der Waals surface area contributed by atoms with Crippen LogP contribution in [0.4, 0.5) is 0 Å². The highest BCUT2D eigenvalue weighted by atomic mass is 16.7. The van der Waals surface area contributed by atoms with Crippen molar-refractivity contribution in [3.63, 3.8) is 0 Å². The second kappa shape index (κ2) is 6.26. The summed E-state index contributed by atoms with van der Waals surface area (Å²) in [5.41, 5.74) is 2.04. The average Bonchev–Trinajstić information content (AvgIpc) is 2.58. The molecule has 2 aromatic carbocycles. The van der Waals surface area contributed by atoms with Crippen LogP contribution in [-0.2, 0) is 10.5 Å². The number of hydrogen-bond acceptors (Lipinski definition) is 5. The quantitative estimate of drug-likeness (QED) is 0.874. The summed E-state index contributed by atoms with van der Waals surface area (Å²) in [6, 6.07) is 12.2. The molecule has 0 saturated carbocycles. The van der Waals surface area contributed by atoms with E-state index in [0.717, 1.165) is 5.56 Å². The predicted molar refractivity (Wildman–Crippen MR) is 88.1 cm³/mol. The van der Waals surface area contributed by atoms with Gasteiger partial charge in [0.2, 0.25) is 5.79 Å². The summed E-state index contributed by atoms with van der Waals surface area (Å²) in [6.07, 6.45) is 0. The third-order valence-electron chi connectivity index (χ3n) is 4.27. The van der Waals surface area contributed by atoms with E-state index in [-0.39, 0.29) is 12.6 Å². The summed E-state index contributed by atoms with van der Waals surface area (Å²) in [7, 11) is 1.52. The third kappa shape index (κ3) is 2.77. The number of benzene rings is 2. The monoisotopic (exact) mass is 328 g/mol. The van der Waals surface area contributed by atoms with Gasteiger partial charge in [0, 0.05) is 18.7 Å². The van der Waals surface area contributed by atoms with Crippen LogP contribution in [0.1, 0.15) is 28.4 Å². The molecular weight excluding hydrogens is 308 g/mol. The van der Waals surface area contributed by atoms with Crippen LogP contribution >= 0.6 is 0 Å². The smallest absolute Gasteiger partial charge is 0.244 e. The van der Waals surface area contributed by atoms with Gasteiger partial charge in [0.05, 0.1) is 11.5 Å². The molecule has 0 unspecified atom stereocenters. The van der Waals surface area contributed by atoms with Gasteiger partial charge in [0.25, 0.3) is 0 Å². The number of Topliss-reactive ketones (excluding diaryl/α,β-unsaturated/α-hetero) is 1. The Hall–Kier alpha value is -2.37. The molecule has 0 saturated heterocycles. The molecule has 0 fully saturated rings. The van der Waals surface area contributed by atoms with Crippen LogP contribution in [0.25, 0.3) is 0 Å². The largest absolute Gasteiger partial charge is 0.467 e. The van der Waals surface area contributed by atoms with Crippen molar-refractivity contribution in [1.82, 2.24) is 0 Å². The van der Waals surface area contributed by atoms with Crippen LogP contribution < -0.4 is 9.47 Å². The van der Waals surface area contributed by atoms with Gasteiger partial charge in [0.1, 0.15) is 11.5 Å². The van der Waals surface area contributed by atoms with Crippen molar-refractivity contribution in [2.24, 2.45) is 5.92 Å². The Morgan fingerprint density at radius 1 is 1.21 bits per heavy atom. The topological polar surface area (TPSA) is 65.0 Å². The highest BCUT2D eigenvalue weighted by Crippen LogP contribution is 2.42. The van der Waals surface area contributed by atoms with Crippen LogP contribution in [0.3, 0.4) is 0 Å². The fourth-order valence-electron chi connectivity index (χ4n) is 2.78. The Morgan fingerprint density at radius 3 is 2.58 bits per heavy atom. The molecule has 0 radical (unpaired) electrons. The summed E-state index contributed by atoms with van der Waals surface area (Å²) in [4.78, 5) is 12.7. The number of hydrogen-bond donors (Lipinski definition) is 1. The highest BCUT2D eigenvalue weighted by Gasteiger charge is 2.47. The maximum Gasteiger partial charge on any atom is 0.244 e. The van der Waals surface area contributed by atoms with E-state index in [9.17, 15) is 9.90 Å². The molecule has 0 aliphatic carbocycles. The van der Waals surface area contributed by atoms with Crippen molar-refractivity contribution in [2.75, 3.05) is 13.9 Å². The van der Waals surface area contributed by atoms with Crippen LogP contribution in [0.5, 0.6) is 11.5 Å². The molecular formula is C19H20O5. The molecule has 5 heteroatoms. The van der Waals surface area contributed by atoms with Gasteiger partial charge in [-0.2, -0.15) is 0 Å². The molecule has 24 heavy (non-hydrogen) atoms. The first-order valence-corrected chi connectivity index (χ1v) is 7.74. The molecule has 5 nitrogen and oxygen atoms in total. The van der Waals surface area contributed by atoms with Crippen LogP contribution in [0.2, 0.25) is 0 Å². The second-order valence-electron chi connectivity index (χ2n) is 5.96. The van der Waals surface area contributed by atoms with Gasteiger partial charge in [-0.1, -0.05) is 29.8 Å². The molecule has 2 aromatic rings. The Labute approximate surface area is 140 Å². The Kier molecular flexibility index (Phi) is 4.30. The zero-order valence-corrected chi connectivity index (χ0v) is 13.9. The zero-order valence-electron chi connectivity index (χ0n) is 13.9. The van der Waals surface area contributed by atoms with Gasteiger partial charge in [0.15, 0.2) is 12.6 Å². The standard InChI is InChI=1S/C19H20O5/c1-12-4-6-14(7-5-12)19(21)13(2)18(20)16-9-8-15(23-11-22-3)10-17(16)24-19/h4-10,13,21H,11H2,1-3H3/t13-,19-/m1/s1. The molecule has 0 aromatic heterocycles. The molecule has 1 N–H and O–H groups in total. The molecule has 1 aliphatic heterocycles. The molecule has 1 heterocycles. The van der Waals surface area contributed by atoms with Gasteiger partial charge in [-0.05, 0) is 26.0 Å². The summed E-state index contributed by atoms with van der Waals surface area (Å²) in [5.74, 6) is -1.80. The number of rotatable bonds is 4. The van der Waals surface area contributed by atoms with Crippen molar-refractivity contribution in [3.8, 4) is 11.5 Å². The minimum Gasteiger partial charge on any atom is -0.467 e. The minimum absolute atomic E-state index is 0.0887. The minimum atomic E-state index is -1.71. The predicted octanol–water partition coefficient (Wildman–Crippen LogP) is 3.03. The lowest BCUT2D eigenvalue weighted by molar-refractivity contribution is -0.176. The summed E-state index contributed by atoms with van der Waals surface area (Å²) < 4.78 is 16.1. The lowest BCUT2D eigenvalue weighted by Gasteiger charge is -2.38. The molecule has 3 rings (SSSR count).